The van der Waals surface area contributed by atoms with E-state index in [9.17, 15) is 39.3 Å². The van der Waals surface area contributed by atoms with Crippen molar-refractivity contribution >= 4 is 38.6 Å². The largest absolute Gasteiger partial charge is 0.481 e. The molecule has 208 valence electrons. The summed E-state index contributed by atoms with van der Waals surface area (Å²) in [5, 5.41) is 45.8. The number of phosphoric acid groups is 2. The molecule has 0 amide bonds. The zero-order chi connectivity index (χ0) is 27.6. The van der Waals surface area contributed by atoms with E-state index >= 15 is 0 Å². The van der Waals surface area contributed by atoms with Crippen LogP contribution in [0.5, 0.6) is 0 Å². The topological polar surface area (TPSA) is 302 Å². The molecule has 6 rings (SSSR count). The molecule has 0 radical (unpaired) electrons. The van der Waals surface area contributed by atoms with Gasteiger partial charge in [-0.1, -0.05) is 4.98 Å². The van der Waals surface area contributed by atoms with Gasteiger partial charge in [-0.2, -0.15) is 4.31 Å². The summed E-state index contributed by atoms with van der Waals surface area (Å²) in [6, 6.07) is -0.937. The monoisotopic (exact) mass is 581 g/mol. The van der Waals surface area contributed by atoms with E-state index in [0.717, 1.165) is 4.57 Å². The number of nitrogens with zero attached hydrogens (tertiary/aromatic N) is 7. The first-order valence-electron chi connectivity index (χ1n) is 11.0. The molecule has 0 spiro atoms. The third kappa shape index (κ3) is 4.69. The van der Waals surface area contributed by atoms with Crippen molar-refractivity contribution in [2.45, 2.75) is 49.2 Å². The van der Waals surface area contributed by atoms with Gasteiger partial charge in [-0.15, -0.1) is 0 Å². The van der Waals surface area contributed by atoms with Gasteiger partial charge in [0.1, 0.15) is 30.5 Å². The second kappa shape index (κ2) is 9.72. The first-order valence-corrected chi connectivity index (χ1v) is 14.0. The van der Waals surface area contributed by atoms with Crippen LogP contribution >= 0.6 is 15.6 Å². The summed E-state index contributed by atoms with van der Waals surface area (Å²) < 4.78 is 46.2. The Morgan fingerprint density at radius 1 is 1.11 bits per heavy atom. The summed E-state index contributed by atoms with van der Waals surface area (Å²) in [7, 11) is -10.5. The van der Waals surface area contributed by atoms with Gasteiger partial charge in [0.05, 0.1) is 19.3 Å². The van der Waals surface area contributed by atoms with Gasteiger partial charge in [-0.3, -0.25) is 13.6 Å². The molecule has 3 aliphatic heterocycles. The Kier molecular flexibility index (Phi) is 6.98. The summed E-state index contributed by atoms with van der Waals surface area (Å²) in [6.45, 7) is -1.58. The molecule has 2 unspecified atom stereocenters. The smallest absolute Gasteiger partial charge is 0.390 e. The quantitative estimate of drug-likeness (QED) is 0.0656. The fraction of sp³-hybridized carbons (Fsp3) is 0.688. The first kappa shape index (κ1) is 27.3. The number of aliphatic hydroxyl groups is 4. The normalized spacial score (nSPS) is 41.7. The SMILES string of the molecule is [N-]=[N+]=Nc1nc2c(N)[n+]3cnc2n1[C@@H]1O[C@H](COP(=O)(O)OP(=O)(O)OC[C@H]2C[C@@H]3[C@H](O)[C@@H]2O)[C@@H](O)[C@H]1O. The number of nitrogens with two attached hydrogens (primary N) is 1. The van der Waals surface area contributed by atoms with Gasteiger partial charge >= 0.3 is 15.6 Å². The number of rotatable bonds is 1. The minimum absolute atomic E-state index is 0.0458. The van der Waals surface area contributed by atoms with Crippen molar-refractivity contribution in [2.24, 2.45) is 11.0 Å². The molecular formula is C16H23N8O12P2+. The molecule has 1 saturated heterocycles. The minimum Gasteiger partial charge on any atom is -0.390 e. The van der Waals surface area contributed by atoms with Gasteiger partial charge in [-0.05, 0) is 17.1 Å². The lowest BCUT2D eigenvalue weighted by molar-refractivity contribution is -0.717. The fourth-order valence-electron chi connectivity index (χ4n) is 4.77. The van der Waals surface area contributed by atoms with Gasteiger partial charge in [0.25, 0.3) is 5.82 Å². The molecule has 10 atom stereocenters. The van der Waals surface area contributed by atoms with Gasteiger partial charge < -0.3 is 40.7 Å². The Hall–Kier alpha value is -2.28. The minimum atomic E-state index is -5.29. The number of fused-ring (bicyclic) bond motifs is 7. The Morgan fingerprint density at radius 3 is 2.47 bits per heavy atom. The lowest BCUT2D eigenvalue weighted by Crippen LogP contribution is -2.48. The van der Waals surface area contributed by atoms with Gasteiger partial charge in [0, 0.05) is 10.8 Å². The molecule has 1 saturated carbocycles. The van der Waals surface area contributed by atoms with Gasteiger partial charge in [0.15, 0.2) is 11.7 Å². The van der Waals surface area contributed by atoms with Crippen molar-refractivity contribution in [2.75, 3.05) is 18.9 Å². The van der Waals surface area contributed by atoms with Crippen LogP contribution in [0.4, 0.5) is 11.8 Å². The highest BCUT2D eigenvalue weighted by molar-refractivity contribution is 7.61. The maximum atomic E-state index is 12.3. The van der Waals surface area contributed by atoms with Crippen LogP contribution in [0.1, 0.15) is 18.7 Å². The molecular weight excluding hydrogens is 558 g/mol. The maximum absolute atomic E-state index is 12.3. The average Bonchev–Trinajstić information content (AvgIpc) is 3.44. The number of aromatic nitrogens is 4. The molecule has 20 nitrogen and oxygen atoms in total. The highest BCUT2D eigenvalue weighted by atomic mass is 31.3. The van der Waals surface area contributed by atoms with Crippen LogP contribution < -0.4 is 10.3 Å². The first-order chi connectivity index (χ1) is 17.8. The van der Waals surface area contributed by atoms with Crippen molar-refractivity contribution in [1.82, 2.24) is 14.5 Å². The zero-order valence-corrected chi connectivity index (χ0v) is 20.8. The third-order valence-corrected chi connectivity index (χ3v) is 9.21. The van der Waals surface area contributed by atoms with Crippen molar-refractivity contribution < 1.29 is 62.0 Å². The Balaban J connectivity index is 1.64. The summed E-state index contributed by atoms with van der Waals surface area (Å²) >= 11 is 0. The number of anilines is 1. The van der Waals surface area contributed by atoms with Gasteiger partial charge in [0.2, 0.25) is 17.9 Å². The second-order valence-corrected chi connectivity index (χ2v) is 11.9. The lowest BCUT2D eigenvalue weighted by Gasteiger charge is -2.21. The van der Waals surface area contributed by atoms with E-state index in [-0.39, 0.29) is 29.4 Å². The Bertz CT molecular complexity index is 1400. The number of nitrogen functional groups attached to an aromatic ring is 1. The molecule has 8 N–H and O–H groups in total. The summed E-state index contributed by atoms with van der Waals surface area (Å²) in [5.41, 5.74) is 15.2. The van der Waals surface area contributed by atoms with E-state index in [0.29, 0.717) is 0 Å². The van der Waals surface area contributed by atoms with Crippen LogP contribution in [0.25, 0.3) is 21.6 Å². The van der Waals surface area contributed by atoms with Crippen LogP contribution in [0.15, 0.2) is 11.4 Å². The van der Waals surface area contributed by atoms with Crippen LogP contribution in [-0.2, 0) is 27.2 Å². The summed E-state index contributed by atoms with van der Waals surface area (Å²) in [5.74, 6) is -1.41. The lowest BCUT2D eigenvalue weighted by atomic mass is 10.1. The van der Waals surface area contributed by atoms with Crippen molar-refractivity contribution in [3.05, 3.63) is 16.8 Å². The van der Waals surface area contributed by atoms with Gasteiger partial charge in [-0.25, -0.2) is 18.7 Å². The third-order valence-electron chi connectivity index (χ3n) is 6.61. The summed E-state index contributed by atoms with van der Waals surface area (Å²) in [6.07, 6.45) is -8.25. The van der Waals surface area contributed by atoms with Crippen molar-refractivity contribution in [1.29, 1.82) is 0 Å². The average molecular weight is 581 g/mol. The predicted octanol–water partition coefficient (Wildman–Crippen LogP) is -1.59. The van der Waals surface area contributed by atoms with E-state index in [2.05, 4.69) is 28.8 Å². The molecule has 1 aliphatic carbocycles. The predicted molar refractivity (Wildman–Crippen MR) is 119 cm³/mol. The van der Waals surface area contributed by atoms with Crippen LogP contribution in [-0.4, -0.2) is 88.5 Å². The highest BCUT2D eigenvalue weighted by Gasteiger charge is 2.49. The van der Waals surface area contributed by atoms with Crippen molar-refractivity contribution in [3.63, 3.8) is 0 Å². The molecule has 2 aromatic heterocycles. The summed E-state index contributed by atoms with van der Waals surface area (Å²) in [4.78, 5) is 30.9. The Morgan fingerprint density at radius 2 is 1.79 bits per heavy atom. The second-order valence-electron chi connectivity index (χ2n) is 8.88. The van der Waals surface area contributed by atoms with Crippen LogP contribution in [0.2, 0.25) is 0 Å². The molecule has 38 heavy (non-hydrogen) atoms. The Labute approximate surface area is 211 Å². The number of phosphoric ester groups is 2. The molecule has 0 aromatic carbocycles. The van der Waals surface area contributed by atoms with E-state index in [1.807, 2.05) is 0 Å². The fourth-order valence-corrected chi connectivity index (χ4v) is 6.91. The maximum Gasteiger partial charge on any atom is 0.481 e. The van der Waals surface area contributed by atoms with E-state index < -0.39 is 77.6 Å². The standard InChI is InChI=1S/C16H22N8O12P2/c17-13-8-14-19-4-23(13)6-1-5(9(25)10(6)26)2-33-37(29,30)36-38(31,32)34-3-7-11(27)12(28)15(35-7)24(14)16(20-8)21-22-18/h4-7,9-12,15,17,25-28H,1-3H2,(H2,29,30,31,32)/p+1/t5-,6-,7-,9-,10+,11-,12-,15-/m1/s1. The number of hydrogen-bond acceptors (Lipinski definition) is 14. The molecule has 5 heterocycles. The number of hydrogen-bond donors (Lipinski definition) is 7. The molecule has 8 bridgehead atoms. The number of imidazole rings is 1. The molecule has 2 aromatic rings. The number of ether oxygens (including phenoxy) is 1. The van der Waals surface area contributed by atoms with Crippen LogP contribution in [0.3, 0.4) is 0 Å². The molecule has 4 aliphatic rings. The number of aliphatic hydroxyl groups excluding tert-OH is 4. The van der Waals surface area contributed by atoms with Crippen molar-refractivity contribution in [3.8, 4) is 0 Å². The number of azide groups is 1. The van der Waals surface area contributed by atoms with E-state index in [1.54, 1.807) is 0 Å². The zero-order valence-electron chi connectivity index (χ0n) is 19.1. The molecule has 2 fully saturated rings. The van der Waals surface area contributed by atoms with Crippen LogP contribution in [0, 0.1) is 5.92 Å². The highest BCUT2D eigenvalue weighted by Crippen LogP contribution is 2.61. The molecule has 22 heteroatoms. The van der Waals surface area contributed by atoms with E-state index in [1.165, 1.54) is 10.9 Å². The van der Waals surface area contributed by atoms with E-state index in [4.69, 9.17) is 20.5 Å².